The van der Waals surface area contributed by atoms with E-state index in [0.717, 1.165) is 51.0 Å². The van der Waals surface area contributed by atoms with Crippen molar-refractivity contribution in [3.63, 3.8) is 0 Å². The SMILES string of the molecule is CCC(O)CCCCCCC(O)CC=CC=CC=CC=CC=CC(=O)O. The van der Waals surface area contributed by atoms with Crippen LogP contribution in [-0.2, 0) is 4.79 Å². The lowest BCUT2D eigenvalue weighted by atomic mass is 10.0. The van der Waals surface area contributed by atoms with Crippen LogP contribution in [-0.4, -0.2) is 33.5 Å². The van der Waals surface area contributed by atoms with Crippen molar-refractivity contribution in [1.29, 1.82) is 0 Å². The topological polar surface area (TPSA) is 77.8 Å². The molecule has 26 heavy (non-hydrogen) atoms. The van der Waals surface area contributed by atoms with E-state index in [4.69, 9.17) is 5.11 Å². The van der Waals surface area contributed by atoms with Crippen LogP contribution in [0.1, 0.15) is 58.3 Å². The Kier molecular flexibility index (Phi) is 16.6. The second-order valence-corrected chi connectivity index (χ2v) is 6.22. The van der Waals surface area contributed by atoms with Crippen molar-refractivity contribution in [1.82, 2.24) is 0 Å². The molecule has 2 unspecified atom stereocenters. The van der Waals surface area contributed by atoms with Crippen LogP contribution in [0.25, 0.3) is 0 Å². The molecule has 0 aliphatic carbocycles. The van der Waals surface area contributed by atoms with Gasteiger partial charge in [0.1, 0.15) is 0 Å². The summed E-state index contributed by atoms with van der Waals surface area (Å²) in [6.45, 7) is 2.00. The quantitative estimate of drug-likeness (QED) is 0.224. The van der Waals surface area contributed by atoms with Crippen molar-refractivity contribution in [2.45, 2.75) is 70.5 Å². The van der Waals surface area contributed by atoms with Crippen molar-refractivity contribution in [2.75, 3.05) is 0 Å². The summed E-state index contributed by atoms with van der Waals surface area (Å²) >= 11 is 0. The second kappa shape index (κ2) is 17.9. The molecule has 0 amide bonds. The van der Waals surface area contributed by atoms with Gasteiger partial charge in [0, 0.05) is 6.08 Å². The van der Waals surface area contributed by atoms with Gasteiger partial charge in [0.15, 0.2) is 0 Å². The van der Waals surface area contributed by atoms with E-state index in [-0.39, 0.29) is 12.2 Å². The van der Waals surface area contributed by atoms with E-state index in [2.05, 4.69) is 0 Å². The number of aliphatic hydroxyl groups is 2. The van der Waals surface area contributed by atoms with Gasteiger partial charge in [0.05, 0.1) is 12.2 Å². The minimum absolute atomic E-state index is 0.154. The third kappa shape index (κ3) is 18.4. The van der Waals surface area contributed by atoms with Gasteiger partial charge in [0.25, 0.3) is 0 Å². The van der Waals surface area contributed by atoms with Gasteiger partial charge in [0.2, 0.25) is 0 Å². The fourth-order valence-corrected chi connectivity index (χ4v) is 2.27. The maximum Gasteiger partial charge on any atom is 0.328 e. The monoisotopic (exact) mass is 362 g/mol. The van der Waals surface area contributed by atoms with Crippen molar-refractivity contribution < 1.29 is 20.1 Å². The van der Waals surface area contributed by atoms with Crippen molar-refractivity contribution in [2.24, 2.45) is 0 Å². The summed E-state index contributed by atoms with van der Waals surface area (Å²) in [6, 6.07) is 0. The normalized spacial score (nSPS) is 15.2. The smallest absolute Gasteiger partial charge is 0.328 e. The summed E-state index contributed by atoms with van der Waals surface area (Å²) in [6.07, 6.45) is 24.3. The molecule has 0 aliphatic heterocycles. The van der Waals surface area contributed by atoms with E-state index < -0.39 is 5.97 Å². The first-order chi connectivity index (χ1) is 12.6. The highest BCUT2D eigenvalue weighted by molar-refractivity contribution is 5.80. The molecule has 146 valence electrons. The Morgan fingerprint density at radius 1 is 0.769 bits per heavy atom. The molecule has 0 fully saturated rings. The summed E-state index contributed by atoms with van der Waals surface area (Å²) < 4.78 is 0. The fraction of sp³-hybridized carbons (Fsp3) is 0.500. The van der Waals surface area contributed by atoms with Gasteiger partial charge in [-0.3, -0.25) is 0 Å². The van der Waals surface area contributed by atoms with Crippen LogP contribution in [0.15, 0.2) is 60.8 Å². The summed E-state index contributed by atoms with van der Waals surface area (Å²) in [7, 11) is 0. The van der Waals surface area contributed by atoms with Crippen LogP contribution >= 0.6 is 0 Å². The van der Waals surface area contributed by atoms with Crippen LogP contribution in [0.5, 0.6) is 0 Å². The van der Waals surface area contributed by atoms with Gasteiger partial charge in [-0.05, 0) is 25.7 Å². The number of carboxylic acid groups (broad SMARTS) is 1. The zero-order valence-corrected chi connectivity index (χ0v) is 15.8. The molecule has 2 atom stereocenters. The Balaban J connectivity index is 3.66. The van der Waals surface area contributed by atoms with E-state index in [1.807, 2.05) is 43.4 Å². The Labute approximate surface area is 157 Å². The third-order valence-electron chi connectivity index (χ3n) is 3.86. The molecule has 3 N–H and O–H groups in total. The summed E-state index contributed by atoms with van der Waals surface area (Å²) in [5.74, 6) is -0.960. The summed E-state index contributed by atoms with van der Waals surface area (Å²) in [5, 5.41) is 27.8. The van der Waals surface area contributed by atoms with E-state index in [1.54, 1.807) is 12.2 Å². The number of hydrogen-bond donors (Lipinski definition) is 3. The first-order valence-electron chi connectivity index (χ1n) is 9.48. The summed E-state index contributed by atoms with van der Waals surface area (Å²) in [4.78, 5) is 10.2. The molecule has 0 saturated heterocycles. The largest absolute Gasteiger partial charge is 0.478 e. The second-order valence-electron chi connectivity index (χ2n) is 6.22. The maximum absolute atomic E-state index is 10.2. The number of rotatable bonds is 15. The lowest BCUT2D eigenvalue weighted by Gasteiger charge is -2.09. The lowest BCUT2D eigenvalue weighted by Crippen LogP contribution is -2.05. The van der Waals surface area contributed by atoms with Crippen LogP contribution in [0, 0.1) is 0 Å². The molecule has 0 aromatic rings. The predicted octanol–water partition coefficient (Wildman–Crippen LogP) is 4.71. The average molecular weight is 363 g/mol. The summed E-state index contributed by atoms with van der Waals surface area (Å²) in [5.41, 5.74) is 0. The Hall–Kier alpha value is -1.91. The molecular weight excluding hydrogens is 328 g/mol. The number of aliphatic carboxylic acids is 1. The molecule has 0 aromatic carbocycles. The molecule has 0 saturated carbocycles. The molecule has 0 spiro atoms. The average Bonchev–Trinajstić information content (AvgIpc) is 2.61. The van der Waals surface area contributed by atoms with Gasteiger partial charge in [-0.25, -0.2) is 4.79 Å². The predicted molar refractivity (Wildman–Crippen MR) is 108 cm³/mol. The molecule has 0 radical (unpaired) electrons. The van der Waals surface area contributed by atoms with Gasteiger partial charge >= 0.3 is 5.97 Å². The number of carboxylic acids is 1. The van der Waals surface area contributed by atoms with E-state index in [1.165, 1.54) is 6.08 Å². The van der Waals surface area contributed by atoms with Crippen LogP contribution in [0.4, 0.5) is 0 Å². The molecule has 0 heterocycles. The molecule has 4 heteroatoms. The zero-order valence-electron chi connectivity index (χ0n) is 15.8. The van der Waals surface area contributed by atoms with Crippen molar-refractivity contribution >= 4 is 5.97 Å². The number of unbranched alkanes of at least 4 members (excludes halogenated alkanes) is 3. The van der Waals surface area contributed by atoms with Gasteiger partial charge in [-0.15, -0.1) is 0 Å². The molecule has 0 aromatic heterocycles. The first-order valence-corrected chi connectivity index (χ1v) is 9.48. The molecular formula is C22H34O4. The zero-order chi connectivity index (χ0) is 19.5. The highest BCUT2D eigenvalue weighted by Crippen LogP contribution is 2.11. The van der Waals surface area contributed by atoms with E-state index in [9.17, 15) is 15.0 Å². The Bertz CT molecular complexity index is 486. The number of allylic oxidation sites excluding steroid dienone is 8. The highest BCUT2D eigenvalue weighted by atomic mass is 16.4. The minimum Gasteiger partial charge on any atom is -0.478 e. The van der Waals surface area contributed by atoms with Crippen LogP contribution in [0.3, 0.4) is 0 Å². The Morgan fingerprint density at radius 3 is 1.81 bits per heavy atom. The molecule has 4 nitrogen and oxygen atoms in total. The van der Waals surface area contributed by atoms with E-state index >= 15 is 0 Å². The fourth-order valence-electron chi connectivity index (χ4n) is 2.27. The van der Waals surface area contributed by atoms with Gasteiger partial charge in [-0.2, -0.15) is 0 Å². The maximum atomic E-state index is 10.2. The van der Waals surface area contributed by atoms with Crippen LogP contribution in [0.2, 0.25) is 0 Å². The van der Waals surface area contributed by atoms with Gasteiger partial charge in [-0.1, -0.05) is 87.3 Å². The highest BCUT2D eigenvalue weighted by Gasteiger charge is 2.02. The minimum atomic E-state index is -0.960. The molecule has 0 aliphatic rings. The van der Waals surface area contributed by atoms with E-state index in [0.29, 0.717) is 6.42 Å². The molecule has 0 rings (SSSR count). The lowest BCUT2D eigenvalue weighted by molar-refractivity contribution is -0.131. The first kappa shape index (κ1) is 24.1. The molecule has 0 bridgehead atoms. The van der Waals surface area contributed by atoms with Gasteiger partial charge < -0.3 is 15.3 Å². The number of aliphatic hydroxyl groups excluding tert-OH is 2. The number of carbonyl (C=O) groups is 1. The van der Waals surface area contributed by atoms with Crippen LogP contribution < -0.4 is 0 Å². The van der Waals surface area contributed by atoms with Crippen molar-refractivity contribution in [3.8, 4) is 0 Å². The number of hydrogen-bond acceptors (Lipinski definition) is 3. The van der Waals surface area contributed by atoms with Crippen molar-refractivity contribution in [3.05, 3.63) is 60.8 Å². The third-order valence-corrected chi connectivity index (χ3v) is 3.86. The standard InChI is InChI=1S/C22H34O4/c1-2-20(23)16-12-10-11-14-18-21(24)17-13-8-6-4-3-5-7-9-15-19-22(25)26/h3-9,13,15,19-21,23-24H,2,10-12,14,16-18H2,1H3,(H,25,26). The Morgan fingerprint density at radius 2 is 1.27 bits per heavy atom.